The normalized spacial score (nSPS) is 12.0. The van der Waals surface area contributed by atoms with Gasteiger partial charge in [0.15, 0.2) is 0 Å². The third-order valence-corrected chi connectivity index (χ3v) is 3.07. The Morgan fingerprint density at radius 2 is 2.00 bits per heavy atom. The number of nitrogens with two attached hydrogens (primary N) is 1. The predicted molar refractivity (Wildman–Crippen MR) is 74.5 cm³/mol. The van der Waals surface area contributed by atoms with Crippen molar-refractivity contribution in [1.82, 2.24) is 0 Å². The van der Waals surface area contributed by atoms with E-state index in [0.29, 0.717) is 13.0 Å². The van der Waals surface area contributed by atoms with Crippen molar-refractivity contribution in [2.45, 2.75) is 33.4 Å². The fourth-order valence-corrected chi connectivity index (χ4v) is 2.09. The van der Waals surface area contributed by atoms with Crippen LogP contribution in [0.15, 0.2) is 30.4 Å². The maximum absolute atomic E-state index is 10.6. The Labute approximate surface area is 113 Å². The van der Waals surface area contributed by atoms with Gasteiger partial charge in [-0.05, 0) is 28.5 Å². The first-order valence-corrected chi connectivity index (χ1v) is 6.22. The number of rotatable bonds is 6. The average molecular weight is 263 g/mol. The monoisotopic (exact) mass is 263 g/mol. The Kier molecular flexibility index (Phi) is 5.27. The molecule has 104 valence electrons. The zero-order chi connectivity index (χ0) is 14.5. The Hall–Kier alpha value is -1.65. The van der Waals surface area contributed by atoms with E-state index in [9.17, 15) is 9.90 Å². The number of hydrogen-bond donors (Lipinski definition) is 3. The van der Waals surface area contributed by atoms with Gasteiger partial charge in [-0.2, -0.15) is 0 Å². The Morgan fingerprint density at radius 3 is 2.53 bits per heavy atom. The van der Waals surface area contributed by atoms with Gasteiger partial charge in [0, 0.05) is 12.6 Å². The highest BCUT2D eigenvalue weighted by Crippen LogP contribution is 2.27. The molecule has 4 N–H and O–H groups in total. The second-order valence-electron chi connectivity index (χ2n) is 5.25. The molecule has 4 nitrogen and oxygen atoms in total. The van der Waals surface area contributed by atoms with Gasteiger partial charge in [0.25, 0.3) is 0 Å². The molecule has 0 radical (unpaired) electrons. The van der Waals surface area contributed by atoms with Crippen molar-refractivity contribution in [3.05, 3.63) is 47.0 Å². The first kappa shape index (κ1) is 15.4. The van der Waals surface area contributed by atoms with Crippen molar-refractivity contribution in [2.24, 2.45) is 11.1 Å². The van der Waals surface area contributed by atoms with E-state index in [1.807, 2.05) is 32.0 Å². The van der Waals surface area contributed by atoms with Gasteiger partial charge in [0.1, 0.15) is 0 Å². The number of aliphatic carboxylic acids is 1. The van der Waals surface area contributed by atoms with E-state index in [4.69, 9.17) is 10.8 Å². The second kappa shape index (κ2) is 6.50. The molecule has 0 spiro atoms. The van der Waals surface area contributed by atoms with Crippen LogP contribution in [0.25, 0.3) is 0 Å². The van der Waals surface area contributed by atoms with Crippen LogP contribution in [-0.2, 0) is 24.4 Å². The number of aliphatic hydroxyl groups excluding tert-OH is 1. The first-order chi connectivity index (χ1) is 8.89. The molecule has 1 aromatic rings. The summed E-state index contributed by atoms with van der Waals surface area (Å²) in [7, 11) is 0. The van der Waals surface area contributed by atoms with Gasteiger partial charge >= 0.3 is 5.97 Å². The van der Waals surface area contributed by atoms with E-state index in [1.165, 1.54) is 0 Å². The lowest BCUT2D eigenvalue weighted by Crippen LogP contribution is -2.15. The van der Waals surface area contributed by atoms with Gasteiger partial charge < -0.3 is 15.9 Å². The maximum Gasteiger partial charge on any atom is 0.327 e. The maximum atomic E-state index is 10.6. The molecule has 1 rings (SSSR count). The summed E-state index contributed by atoms with van der Waals surface area (Å²) in [6, 6.07) is 5.75. The molecule has 0 atom stereocenters. The third-order valence-electron chi connectivity index (χ3n) is 3.07. The Morgan fingerprint density at radius 1 is 1.37 bits per heavy atom. The molecule has 19 heavy (non-hydrogen) atoms. The van der Waals surface area contributed by atoms with Crippen LogP contribution in [0.1, 0.15) is 30.5 Å². The molecular weight excluding hydrogens is 242 g/mol. The summed E-state index contributed by atoms with van der Waals surface area (Å²) in [4.78, 5) is 10.6. The lowest BCUT2D eigenvalue weighted by Gasteiger charge is -2.22. The van der Waals surface area contributed by atoms with Gasteiger partial charge in [-0.3, -0.25) is 0 Å². The molecule has 0 unspecified atom stereocenters. The highest BCUT2D eigenvalue weighted by Gasteiger charge is 2.18. The van der Waals surface area contributed by atoms with Gasteiger partial charge in [-0.25, -0.2) is 4.79 Å². The quantitative estimate of drug-likeness (QED) is 0.684. The zero-order valence-corrected chi connectivity index (χ0v) is 11.4. The van der Waals surface area contributed by atoms with E-state index in [0.717, 1.165) is 22.8 Å². The van der Waals surface area contributed by atoms with Crippen molar-refractivity contribution in [2.75, 3.05) is 0 Å². The summed E-state index contributed by atoms with van der Waals surface area (Å²) < 4.78 is 0. The minimum Gasteiger partial charge on any atom is -0.478 e. The number of benzene rings is 1. The number of allylic oxidation sites excluding steroid dienone is 1. The minimum absolute atomic E-state index is 0.0541. The van der Waals surface area contributed by atoms with E-state index < -0.39 is 5.97 Å². The SMILES string of the molecule is CC(C)(/C=C/C(=O)O)Cc1cccc(CN)c1CO. The molecule has 0 aliphatic carbocycles. The van der Waals surface area contributed by atoms with E-state index >= 15 is 0 Å². The molecule has 0 aliphatic rings. The number of carbonyl (C=O) groups is 1. The first-order valence-electron chi connectivity index (χ1n) is 6.22. The highest BCUT2D eigenvalue weighted by atomic mass is 16.4. The van der Waals surface area contributed by atoms with Crippen LogP contribution in [0.4, 0.5) is 0 Å². The molecule has 0 fully saturated rings. The molecule has 0 bridgehead atoms. The molecule has 0 heterocycles. The summed E-state index contributed by atoms with van der Waals surface area (Å²) in [5.41, 5.74) is 8.14. The zero-order valence-electron chi connectivity index (χ0n) is 11.4. The standard InChI is InChI=1S/C15H21NO3/c1-15(2,7-6-14(18)19)8-11-4-3-5-12(9-16)13(11)10-17/h3-7,17H,8-10,16H2,1-2H3,(H,18,19)/b7-6+. The largest absolute Gasteiger partial charge is 0.478 e. The van der Waals surface area contributed by atoms with Crippen LogP contribution >= 0.6 is 0 Å². The highest BCUT2D eigenvalue weighted by molar-refractivity contribution is 5.79. The Bertz CT molecular complexity index is 478. The molecule has 1 aromatic carbocycles. The Balaban J connectivity index is 3.01. The number of carboxylic acids is 1. The molecule has 0 aromatic heterocycles. The van der Waals surface area contributed by atoms with Crippen molar-refractivity contribution in [3.63, 3.8) is 0 Å². The van der Waals surface area contributed by atoms with Gasteiger partial charge in [0.2, 0.25) is 0 Å². The number of aliphatic hydroxyl groups is 1. The summed E-state index contributed by atoms with van der Waals surface area (Å²) in [5.74, 6) is -0.953. The van der Waals surface area contributed by atoms with Crippen molar-refractivity contribution >= 4 is 5.97 Å². The van der Waals surface area contributed by atoms with Crippen LogP contribution < -0.4 is 5.73 Å². The smallest absolute Gasteiger partial charge is 0.327 e. The van der Waals surface area contributed by atoms with Gasteiger partial charge in [0.05, 0.1) is 6.61 Å². The fourth-order valence-electron chi connectivity index (χ4n) is 2.09. The molecule has 0 amide bonds. The van der Waals surface area contributed by atoms with E-state index in [1.54, 1.807) is 6.08 Å². The van der Waals surface area contributed by atoms with Gasteiger partial charge in [-0.1, -0.05) is 38.1 Å². The molecule has 0 aliphatic heterocycles. The molecule has 0 saturated carbocycles. The summed E-state index contributed by atoms with van der Waals surface area (Å²) in [5, 5.41) is 18.2. The predicted octanol–water partition coefficient (Wildman–Crippen LogP) is 1.85. The fraction of sp³-hybridized carbons (Fsp3) is 0.400. The van der Waals surface area contributed by atoms with Crippen LogP contribution in [0.5, 0.6) is 0 Å². The lowest BCUT2D eigenvalue weighted by atomic mass is 9.83. The average Bonchev–Trinajstić information content (AvgIpc) is 2.35. The van der Waals surface area contributed by atoms with Crippen LogP contribution in [-0.4, -0.2) is 16.2 Å². The molecule has 0 saturated heterocycles. The third kappa shape index (κ3) is 4.50. The van der Waals surface area contributed by atoms with E-state index in [-0.39, 0.29) is 12.0 Å². The number of hydrogen-bond acceptors (Lipinski definition) is 3. The number of carboxylic acid groups (broad SMARTS) is 1. The van der Waals surface area contributed by atoms with Crippen LogP contribution in [0, 0.1) is 5.41 Å². The second-order valence-corrected chi connectivity index (χ2v) is 5.25. The summed E-state index contributed by atoms with van der Waals surface area (Å²) in [6.07, 6.45) is 3.48. The summed E-state index contributed by atoms with van der Waals surface area (Å²) in [6.45, 7) is 4.25. The van der Waals surface area contributed by atoms with E-state index in [2.05, 4.69) is 0 Å². The van der Waals surface area contributed by atoms with Crippen molar-refractivity contribution in [1.29, 1.82) is 0 Å². The van der Waals surface area contributed by atoms with Crippen molar-refractivity contribution in [3.8, 4) is 0 Å². The minimum atomic E-state index is -0.953. The van der Waals surface area contributed by atoms with Crippen LogP contribution in [0.2, 0.25) is 0 Å². The van der Waals surface area contributed by atoms with Crippen molar-refractivity contribution < 1.29 is 15.0 Å². The molecule has 4 heteroatoms. The van der Waals surface area contributed by atoms with Crippen LogP contribution in [0.3, 0.4) is 0 Å². The van der Waals surface area contributed by atoms with Gasteiger partial charge in [-0.15, -0.1) is 0 Å². The summed E-state index contributed by atoms with van der Waals surface area (Å²) >= 11 is 0. The lowest BCUT2D eigenvalue weighted by molar-refractivity contribution is -0.131. The topological polar surface area (TPSA) is 83.5 Å². The molecular formula is C15H21NO3.